The summed E-state index contributed by atoms with van der Waals surface area (Å²) >= 11 is 0. The highest BCUT2D eigenvalue weighted by Crippen LogP contribution is 2.35. The van der Waals surface area contributed by atoms with E-state index in [1.807, 2.05) is 37.3 Å². The van der Waals surface area contributed by atoms with Crippen LogP contribution in [-0.2, 0) is 14.3 Å². The van der Waals surface area contributed by atoms with Crippen LogP contribution in [0.2, 0.25) is 0 Å². The van der Waals surface area contributed by atoms with Gasteiger partial charge in [-0.15, -0.1) is 0 Å². The fourth-order valence-corrected chi connectivity index (χ4v) is 6.66. The molecule has 0 radical (unpaired) electrons. The van der Waals surface area contributed by atoms with E-state index in [-0.39, 0.29) is 30.0 Å². The van der Waals surface area contributed by atoms with Gasteiger partial charge >= 0.3 is 5.97 Å². The van der Waals surface area contributed by atoms with Gasteiger partial charge in [-0.3, -0.25) is 9.59 Å². The Hall–Kier alpha value is -1.68. The van der Waals surface area contributed by atoms with Crippen LogP contribution in [0.5, 0.6) is 0 Å². The third-order valence-electron chi connectivity index (χ3n) is 9.34. The summed E-state index contributed by atoms with van der Waals surface area (Å²) in [6.07, 6.45) is 18.7. The summed E-state index contributed by atoms with van der Waals surface area (Å²) in [6.45, 7) is 6.92. The molecule has 0 bridgehead atoms. The lowest BCUT2D eigenvalue weighted by atomic mass is 9.78. The van der Waals surface area contributed by atoms with E-state index in [0.29, 0.717) is 12.3 Å². The molecule has 0 amide bonds. The van der Waals surface area contributed by atoms with Gasteiger partial charge in [0.15, 0.2) is 0 Å². The summed E-state index contributed by atoms with van der Waals surface area (Å²) < 4.78 is 6.20. The summed E-state index contributed by atoms with van der Waals surface area (Å²) in [7, 11) is 0. The average Bonchev–Trinajstić information content (AvgIpc) is 2.96. The topological polar surface area (TPSA) is 55.4 Å². The summed E-state index contributed by atoms with van der Waals surface area (Å²) in [6, 6.07) is 9.91. The smallest absolute Gasteiger partial charge is 0.309 e. The number of Topliss-reactive ketones (excluding diaryl/α,β-unsaturated/α-hetero) is 1. The summed E-state index contributed by atoms with van der Waals surface area (Å²) in [5.74, 6) is 2.03. The molecule has 4 heteroatoms. The van der Waals surface area contributed by atoms with Crippen molar-refractivity contribution in [2.45, 2.75) is 136 Å². The molecule has 2 aliphatic rings. The van der Waals surface area contributed by atoms with Gasteiger partial charge < -0.3 is 10.1 Å². The monoisotopic (exact) mass is 525 g/mol. The number of ketones is 1. The Morgan fingerprint density at radius 2 is 1.32 bits per heavy atom. The number of hydrogen-bond donors (Lipinski definition) is 1. The maximum atomic E-state index is 13.2. The largest absolute Gasteiger partial charge is 0.456 e. The lowest BCUT2D eigenvalue weighted by molar-refractivity contribution is -0.157. The van der Waals surface area contributed by atoms with Gasteiger partial charge in [-0.05, 0) is 75.7 Å². The molecule has 4 nitrogen and oxygen atoms in total. The second kappa shape index (κ2) is 17.1. The van der Waals surface area contributed by atoms with Crippen molar-refractivity contribution in [2.75, 3.05) is 6.54 Å². The molecule has 0 unspecified atom stereocenters. The molecule has 2 atom stereocenters. The Labute approximate surface area is 233 Å². The number of rotatable bonds is 16. The molecule has 3 rings (SSSR count). The SMILES string of the molecule is CCCCCC1CCC(C(=O)CN[C@@H](C)[C@H](OC(=O)C2CCC(CCCCC)CC2)c2ccccc2)CC1. The van der Waals surface area contributed by atoms with E-state index in [0.717, 1.165) is 55.9 Å². The fourth-order valence-electron chi connectivity index (χ4n) is 6.66. The van der Waals surface area contributed by atoms with Crippen LogP contribution in [0.15, 0.2) is 30.3 Å². The van der Waals surface area contributed by atoms with Gasteiger partial charge in [0.25, 0.3) is 0 Å². The Bertz CT molecular complexity index is 793. The third-order valence-corrected chi connectivity index (χ3v) is 9.34. The molecule has 38 heavy (non-hydrogen) atoms. The molecule has 214 valence electrons. The summed E-state index contributed by atoms with van der Waals surface area (Å²) in [5, 5.41) is 3.45. The van der Waals surface area contributed by atoms with E-state index in [2.05, 4.69) is 19.2 Å². The molecule has 2 aliphatic carbocycles. The predicted molar refractivity (Wildman–Crippen MR) is 157 cm³/mol. The number of unbranched alkanes of at least 4 members (excludes halogenated alkanes) is 4. The van der Waals surface area contributed by atoms with E-state index in [1.54, 1.807) is 0 Å². The zero-order valence-electron chi connectivity index (χ0n) is 24.6. The first kappa shape index (κ1) is 30.9. The van der Waals surface area contributed by atoms with Crippen molar-refractivity contribution in [3.05, 3.63) is 35.9 Å². The standard InChI is InChI=1S/C34H55NO3/c1-4-6-9-13-27-17-21-29(22-18-27)32(36)25-35-26(3)33(30-15-11-8-12-16-30)38-34(37)31-23-19-28(20-24-31)14-10-7-5-2/h8,11-12,15-16,26-29,31,33,35H,4-7,9-10,13-14,17-25H2,1-3H3/t26-,27?,28?,29?,31?,33-/m0/s1. The van der Waals surface area contributed by atoms with Crippen molar-refractivity contribution in [1.29, 1.82) is 0 Å². The van der Waals surface area contributed by atoms with Gasteiger partial charge in [-0.2, -0.15) is 0 Å². The van der Waals surface area contributed by atoms with Crippen LogP contribution in [0.25, 0.3) is 0 Å². The number of ether oxygens (including phenoxy) is 1. The van der Waals surface area contributed by atoms with Crippen molar-refractivity contribution >= 4 is 11.8 Å². The number of benzene rings is 1. The molecular weight excluding hydrogens is 470 g/mol. The highest BCUT2D eigenvalue weighted by atomic mass is 16.5. The van der Waals surface area contributed by atoms with Gasteiger partial charge in [0, 0.05) is 12.0 Å². The molecule has 2 saturated carbocycles. The van der Waals surface area contributed by atoms with Crippen molar-refractivity contribution in [3.63, 3.8) is 0 Å². The average molecular weight is 526 g/mol. The maximum absolute atomic E-state index is 13.2. The number of hydrogen-bond acceptors (Lipinski definition) is 4. The Morgan fingerprint density at radius 3 is 1.84 bits per heavy atom. The van der Waals surface area contributed by atoms with E-state index < -0.39 is 0 Å². The second-order valence-corrected chi connectivity index (χ2v) is 12.3. The zero-order chi connectivity index (χ0) is 27.2. The molecule has 1 aromatic carbocycles. The van der Waals surface area contributed by atoms with Gasteiger partial charge in [-0.25, -0.2) is 0 Å². The van der Waals surface area contributed by atoms with Crippen LogP contribution in [0, 0.1) is 23.7 Å². The van der Waals surface area contributed by atoms with Crippen molar-refractivity contribution in [1.82, 2.24) is 5.32 Å². The molecule has 0 saturated heterocycles. The molecule has 0 heterocycles. The van der Waals surface area contributed by atoms with Crippen LogP contribution in [0.4, 0.5) is 0 Å². The highest BCUT2D eigenvalue weighted by Gasteiger charge is 2.32. The molecular formula is C34H55NO3. The first-order valence-electron chi connectivity index (χ1n) is 16.0. The fraction of sp³-hybridized carbons (Fsp3) is 0.765. The minimum Gasteiger partial charge on any atom is -0.456 e. The summed E-state index contributed by atoms with van der Waals surface area (Å²) in [4.78, 5) is 26.3. The number of esters is 1. The highest BCUT2D eigenvalue weighted by molar-refractivity contribution is 5.83. The second-order valence-electron chi connectivity index (χ2n) is 12.3. The minimum absolute atomic E-state index is 0.00461. The number of carbonyl (C=O) groups excluding carboxylic acids is 2. The number of nitrogens with one attached hydrogen (secondary N) is 1. The van der Waals surface area contributed by atoms with Gasteiger partial charge in [0.05, 0.1) is 12.5 Å². The van der Waals surface area contributed by atoms with Crippen molar-refractivity contribution in [2.24, 2.45) is 23.7 Å². The molecule has 1 aromatic rings. The van der Waals surface area contributed by atoms with Gasteiger partial charge in [0.2, 0.25) is 0 Å². The molecule has 0 aromatic heterocycles. The van der Waals surface area contributed by atoms with Crippen LogP contribution >= 0.6 is 0 Å². The lowest BCUT2D eigenvalue weighted by Gasteiger charge is -2.31. The predicted octanol–water partition coefficient (Wildman–Crippen LogP) is 8.59. The van der Waals surface area contributed by atoms with Crippen molar-refractivity contribution < 1.29 is 14.3 Å². The van der Waals surface area contributed by atoms with Gasteiger partial charge in [-0.1, -0.05) is 95.5 Å². The quantitative estimate of drug-likeness (QED) is 0.173. The van der Waals surface area contributed by atoms with E-state index in [1.165, 1.54) is 64.2 Å². The number of carbonyl (C=O) groups is 2. The molecule has 2 fully saturated rings. The Balaban J connectivity index is 1.48. The summed E-state index contributed by atoms with van der Waals surface area (Å²) in [5.41, 5.74) is 0.995. The Kier molecular flexibility index (Phi) is 13.9. The maximum Gasteiger partial charge on any atom is 0.309 e. The van der Waals surface area contributed by atoms with E-state index in [4.69, 9.17) is 4.74 Å². The first-order chi connectivity index (χ1) is 18.5. The minimum atomic E-state index is -0.381. The molecule has 1 N–H and O–H groups in total. The Morgan fingerprint density at radius 1 is 0.789 bits per heavy atom. The first-order valence-corrected chi connectivity index (χ1v) is 16.0. The molecule has 0 aliphatic heterocycles. The third kappa shape index (κ3) is 10.1. The van der Waals surface area contributed by atoms with Crippen LogP contribution in [0.3, 0.4) is 0 Å². The van der Waals surface area contributed by atoms with Gasteiger partial charge in [0.1, 0.15) is 11.9 Å². The lowest BCUT2D eigenvalue weighted by Crippen LogP contribution is -2.40. The van der Waals surface area contributed by atoms with E-state index in [9.17, 15) is 9.59 Å². The van der Waals surface area contributed by atoms with Crippen LogP contribution in [-0.4, -0.2) is 24.3 Å². The zero-order valence-corrected chi connectivity index (χ0v) is 24.6. The molecule has 0 spiro atoms. The van der Waals surface area contributed by atoms with Crippen LogP contribution < -0.4 is 5.32 Å². The van der Waals surface area contributed by atoms with Crippen LogP contribution in [0.1, 0.15) is 135 Å². The normalized spacial score (nSPS) is 25.4. The van der Waals surface area contributed by atoms with Crippen molar-refractivity contribution in [3.8, 4) is 0 Å². The van der Waals surface area contributed by atoms with E-state index >= 15 is 0 Å².